The van der Waals surface area contributed by atoms with Gasteiger partial charge in [0, 0.05) is 30.4 Å². The highest BCUT2D eigenvalue weighted by Crippen LogP contribution is 2.22. The predicted octanol–water partition coefficient (Wildman–Crippen LogP) is 2.02. The zero-order valence-electron chi connectivity index (χ0n) is 11.1. The van der Waals surface area contributed by atoms with Crippen LogP contribution >= 0.6 is 11.6 Å². The van der Waals surface area contributed by atoms with E-state index in [1.807, 2.05) is 0 Å². The summed E-state index contributed by atoms with van der Waals surface area (Å²) in [6.07, 6.45) is 1.53. The van der Waals surface area contributed by atoms with Gasteiger partial charge in [0.1, 0.15) is 0 Å². The van der Waals surface area contributed by atoms with Crippen molar-refractivity contribution in [2.24, 2.45) is 11.7 Å². The molecule has 0 unspecified atom stereocenters. The Balaban J connectivity index is 2.07. The maximum atomic E-state index is 12.1. The van der Waals surface area contributed by atoms with Gasteiger partial charge in [-0.2, -0.15) is 0 Å². The van der Waals surface area contributed by atoms with E-state index in [4.69, 9.17) is 22.1 Å². The molecule has 3 N–H and O–H groups in total. The summed E-state index contributed by atoms with van der Waals surface area (Å²) in [4.78, 5) is 12.1. The van der Waals surface area contributed by atoms with E-state index in [0.29, 0.717) is 29.5 Å². The van der Waals surface area contributed by atoms with Gasteiger partial charge in [-0.3, -0.25) is 4.79 Å². The average molecular weight is 293 g/mol. The van der Waals surface area contributed by atoms with Crippen molar-refractivity contribution in [3.05, 3.63) is 28.8 Å². The fraction of sp³-hybridized carbons (Fsp3) is 0.400. The van der Waals surface area contributed by atoms with Gasteiger partial charge < -0.3 is 15.8 Å². The molecular formula is C15H17ClN2O2. The molecule has 0 atom stereocenters. The Labute approximate surface area is 123 Å². The molecule has 1 aromatic rings. The Morgan fingerprint density at radius 2 is 2.20 bits per heavy atom. The first-order valence-electron chi connectivity index (χ1n) is 6.58. The summed E-state index contributed by atoms with van der Waals surface area (Å²) in [5.41, 5.74) is 6.71. The number of benzene rings is 1. The monoisotopic (exact) mass is 292 g/mol. The van der Waals surface area contributed by atoms with Gasteiger partial charge >= 0.3 is 0 Å². The number of nitrogens with one attached hydrogen (secondary N) is 1. The minimum Gasteiger partial charge on any atom is -0.381 e. The zero-order valence-corrected chi connectivity index (χ0v) is 11.9. The van der Waals surface area contributed by atoms with Crippen LogP contribution in [-0.2, 0) is 9.53 Å². The van der Waals surface area contributed by atoms with Crippen LogP contribution in [0.4, 0.5) is 5.69 Å². The van der Waals surface area contributed by atoms with Gasteiger partial charge in [0.05, 0.1) is 11.6 Å². The summed E-state index contributed by atoms with van der Waals surface area (Å²) in [5, 5.41) is 3.45. The lowest BCUT2D eigenvalue weighted by atomic mass is 9.99. The van der Waals surface area contributed by atoms with Gasteiger partial charge in [0.25, 0.3) is 0 Å². The molecule has 1 aliphatic rings. The van der Waals surface area contributed by atoms with Crippen LogP contribution in [0.2, 0.25) is 5.02 Å². The molecule has 106 valence electrons. The molecule has 5 heteroatoms. The number of hydrogen-bond acceptors (Lipinski definition) is 3. The molecule has 2 rings (SSSR count). The molecule has 1 aliphatic heterocycles. The van der Waals surface area contributed by atoms with Gasteiger partial charge in [0.2, 0.25) is 5.91 Å². The molecule has 1 amide bonds. The highest BCUT2D eigenvalue weighted by atomic mass is 35.5. The maximum Gasteiger partial charge on any atom is 0.227 e. The van der Waals surface area contributed by atoms with E-state index in [1.165, 1.54) is 0 Å². The molecule has 1 fully saturated rings. The number of carbonyl (C=O) groups is 1. The van der Waals surface area contributed by atoms with Gasteiger partial charge in [-0.15, -0.1) is 0 Å². The van der Waals surface area contributed by atoms with Crippen molar-refractivity contribution in [3.8, 4) is 11.8 Å². The van der Waals surface area contributed by atoms with Crippen LogP contribution in [0.3, 0.4) is 0 Å². The van der Waals surface area contributed by atoms with Crippen LogP contribution in [0, 0.1) is 17.8 Å². The minimum atomic E-state index is 0.0120. The molecule has 1 aromatic carbocycles. The van der Waals surface area contributed by atoms with Crippen molar-refractivity contribution in [1.29, 1.82) is 0 Å². The Kier molecular flexibility index (Phi) is 5.42. The molecular weight excluding hydrogens is 276 g/mol. The van der Waals surface area contributed by atoms with E-state index >= 15 is 0 Å². The van der Waals surface area contributed by atoms with E-state index in [-0.39, 0.29) is 18.4 Å². The van der Waals surface area contributed by atoms with Gasteiger partial charge in [-0.1, -0.05) is 23.4 Å². The average Bonchev–Trinajstić information content (AvgIpc) is 2.48. The second-order valence-corrected chi connectivity index (χ2v) is 4.98. The van der Waals surface area contributed by atoms with E-state index < -0.39 is 0 Å². The van der Waals surface area contributed by atoms with Gasteiger partial charge in [0.15, 0.2) is 0 Å². The Morgan fingerprint density at radius 1 is 1.45 bits per heavy atom. The predicted molar refractivity (Wildman–Crippen MR) is 79.6 cm³/mol. The normalized spacial score (nSPS) is 15.3. The van der Waals surface area contributed by atoms with Gasteiger partial charge in [-0.05, 0) is 31.0 Å². The second kappa shape index (κ2) is 7.30. The smallest absolute Gasteiger partial charge is 0.227 e. The Bertz CT molecular complexity index is 543. The lowest BCUT2D eigenvalue weighted by Gasteiger charge is -2.21. The van der Waals surface area contributed by atoms with E-state index in [0.717, 1.165) is 12.8 Å². The highest BCUT2D eigenvalue weighted by Gasteiger charge is 2.21. The first-order chi connectivity index (χ1) is 9.70. The zero-order chi connectivity index (χ0) is 14.4. The number of ether oxygens (including phenoxy) is 1. The molecule has 4 nitrogen and oxygen atoms in total. The third-order valence-electron chi connectivity index (χ3n) is 3.15. The fourth-order valence-corrected chi connectivity index (χ4v) is 2.21. The molecule has 0 saturated carbocycles. The van der Waals surface area contributed by atoms with E-state index in [1.54, 1.807) is 18.2 Å². The standard InChI is InChI=1S/C15H17ClN2O2/c16-14-4-3-13(10-12(14)2-1-7-17)18-15(19)11-5-8-20-9-6-11/h3-4,10-11H,5-9,17H2,(H,18,19). The third-order valence-corrected chi connectivity index (χ3v) is 3.48. The quantitative estimate of drug-likeness (QED) is 0.820. The number of halogens is 1. The molecule has 0 aromatic heterocycles. The summed E-state index contributed by atoms with van der Waals surface area (Å²) in [6, 6.07) is 5.26. The van der Waals surface area contributed by atoms with Crippen molar-refractivity contribution in [3.63, 3.8) is 0 Å². The molecule has 0 radical (unpaired) electrons. The van der Waals surface area contributed by atoms with Crippen molar-refractivity contribution < 1.29 is 9.53 Å². The number of amides is 1. The first kappa shape index (κ1) is 14.9. The van der Waals surface area contributed by atoms with Crippen LogP contribution in [0.5, 0.6) is 0 Å². The van der Waals surface area contributed by atoms with Crippen LogP contribution < -0.4 is 11.1 Å². The summed E-state index contributed by atoms with van der Waals surface area (Å²) in [5.74, 6) is 5.67. The van der Waals surface area contributed by atoms with Crippen LogP contribution in [0.25, 0.3) is 0 Å². The number of carbonyl (C=O) groups excluding carboxylic acids is 1. The lowest BCUT2D eigenvalue weighted by molar-refractivity contribution is -0.122. The van der Waals surface area contributed by atoms with Crippen molar-refractivity contribution in [2.45, 2.75) is 12.8 Å². The molecule has 1 saturated heterocycles. The minimum absolute atomic E-state index is 0.0120. The first-order valence-corrected chi connectivity index (χ1v) is 6.95. The van der Waals surface area contributed by atoms with Gasteiger partial charge in [-0.25, -0.2) is 0 Å². The molecule has 0 spiro atoms. The summed E-state index contributed by atoms with van der Waals surface area (Å²) in [6.45, 7) is 1.56. The molecule has 20 heavy (non-hydrogen) atoms. The lowest BCUT2D eigenvalue weighted by Crippen LogP contribution is -2.28. The number of nitrogens with two attached hydrogens (primary N) is 1. The molecule has 0 aliphatic carbocycles. The Hall–Kier alpha value is -1.54. The largest absolute Gasteiger partial charge is 0.381 e. The summed E-state index contributed by atoms with van der Waals surface area (Å²) in [7, 11) is 0. The number of anilines is 1. The molecule has 0 bridgehead atoms. The highest BCUT2D eigenvalue weighted by molar-refractivity contribution is 6.31. The SMILES string of the molecule is NCC#Cc1cc(NC(=O)C2CCOCC2)ccc1Cl. The Morgan fingerprint density at radius 3 is 2.90 bits per heavy atom. The summed E-state index contributed by atoms with van der Waals surface area (Å²) >= 11 is 6.04. The third kappa shape index (κ3) is 3.97. The van der Waals surface area contributed by atoms with Crippen molar-refractivity contribution in [1.82, 2.24) is 0 Å². The van der Waals surface area contributed by atoms with E-state index in [9.17, 15) is 4.79 Å². The van der Waals surface area contributed by atoms with Crippen molar-refractivity contribution in [2.75, 3.05) is 25.1 Å². The fourth-order valence-electron chi connectivity index (χ4n) is 2.05. The van der Waals surface area contributed by atoms with Crippen LogP contribution in [0.1, 0.15) is 18.4 Å². The molecule has 1 heterocycles. The van der Waals surface area contributed by atoms with Crippen molar-refractivity contribution >= 4 is 23.2 Å². The number of rotatable bonds is 2. The van der Waals surface area contributed by atoms with Crippen LogP contribution in [0.15, 0.2) is 18.2 Å². The topological polar surface area (TPSA) is 64.3 Å². The second-order valence-electron chi connectivity index (χ2n) is 4.58. The summed E-state index contributed by atoms with van der Waals surface area (Å²) < 4.78 is 5.25. The number of hydrogen-bond donors (Lipinski definition) is 2. The van der Waals surface area contributed by atoms with E-state index in [2.05, 4.69) is 17.2 Å². The van der Waals surface area contributed by atoms with Crippen LogP contribution in [-0.4, -0.2) is 25.7 Å². The maximum absolute atomic E-state index is 12.1.